The first-order valence-electron chi connectivity index (χ1n) is 11.0. The van der Waals surface area contributed by atoms with E-state index >= 15 is 0 Å². The van der Waals surface area contributed by atoms with Crippen molar-refractivity contribution in [3.05, 3.63) is 103 Å². The molecular weight excluding hydrogens is 417 g/mol. The van der Waals surface area contributed by atoms with E-state index in [-0.39, 0.29) is 24.1 Å². The molecule has 1 atom stereocenters. The monoisotopic (exact) mass is 443 g/mol. The number of amides is 2. The summed E-state index contributed by atoms with van der Waals surface area (Å²) in [5.41, 5.74) is 3.58. The van der Waals surface area contributed by atoms with E-state index in [1.807, 2.05) is 36.4 Å². The quantitative estimate of drug-likeness (QED) is 0.521. The van der Waals surface area contributed by atoms with E-state index in [0.717, 1.165) is 16.7 Å². The first-order valence-corrected chi connectivity index (χ1v) is 11.0. The maximum absolute atomic E-state index is 13.6. The van der Waals surface area contributed by atoms with Gasteiger partial charge in [-0.3, -0.25) is 14.6 Å². The van der Waals surface area contributed by atoms with Crippen LogP contribution in [0, 0.1) is 5.82 Å². The minimum Gasteiger partial charge on any atom is -0.335 e. The zero-order chi connectivity index (χ0) is 23.2. The minimum absolute atomic E-state index is 0.0506. The van der Waals surface area contributed by atoms with Gasteiger partial charge in [-0.05, 0) is 46.5 Å². The highest BCUT2D eigenvalue weighted by Gasteiger charge is 2.37. The van der Waals surface area contributed by atoms with Gasteiger partial charge in [0.25, 0.3) is 0 Å². The summed E-state index contributed by atoms with van der Waals surface area (Å²) in [4.78, 5) is 34.1. The lowest BCUT2D eigenvalue weighted by atomic mass is 9.93. The Morgan fingerprint density at radius 2 is 1.88 bits per heavy atom. The summed E-state index contributed by atoms with van der Waals surface area (Å²) in [5, 5.41) is 0. The zero-order valence-corrected chi connectivity index (χ0v) is 18.4. The predicted molar refractivity (Wildman–Crippen MR) is 126 cm³/mol. The number of hydrogen-bond donors (Lipinski definition) is 0. The van der Waals surface area contributed by atoms with Crippen molar-refractivity contribution >= 4 is 11.8 Å². The van der Waals surface area contributed by atoms with Crippen LogP contribution in [0.5, 0.6) is 0 Å². The Hall–Kier alpha value is -3.80. The summed E-state index contributed by atoms with van der Waals surface area (Å²) in [7, 11) is 0. The van der Waals surface area contributed by atoms with Crippen molar-refractivity contribution in [1.29, 1.82) is 0 Å². The third kappa shape index (κ3) is 5.17. The average Bonchev–Trinajstić information content (AvgIpc) is 2.82. The summed E-state index contributed by atoms with van der Waals surface area (Å²) < 4.78 is 13.6. The van der Waals surface area contributed by atoms with Gasteiger partial charge in [0.2, 0.25) is 11.8 Å². The topological polar surface area (TPSA) is 53.5 Å². The molecule has 1 aromatic heterocycles. The molecule has 1 aliphatic rings. The number of rotatable bonds is 7. The van der Waals surface area contributed by atoms with Crippen molar-refractivity contribution in [1.82, 2.24) is 14.8 Å². The molecule has 1 aliphatic heterocycles. The molecule has 0 radical (unpaired) electrons. The molecule has 5 nitrogen and oxygen atoms in total. The molecule has 0 N–H and O–H groups in total. The Labute approximate surface area is 193 Å². The van der Waals surface area contributed by atoms with Gasteiger partial charge in [-0.15, -0.1) is 6.58 Å². The van der Waals surface area contributed by atoms with Crippen LogP contribution in [0.2, 0.25) is 0 Å². The number of aromatic nitrogens is 1. The highest BCUT2D eigenvalue weighted by Crippen LogP contribution is 2.27. The van der Waals surface area contributed by atoms with Crippen LogP contribution in [-0.2, 0) is 22.4 Å². The van der Waals surface area contributed by atoms with Gasteiger partial charge in [0.1, 0.15) is 11.9 Å². The van der Waals surface area contributed by atoms with Crippen molar-refractivity contribution in [2.24, 2.45) is 0 Å². The summed E-state index contributed by atoms with van der Waals surface area (Å²) >= 11 is 0. The lowest BCUT2D eigenvalue weighted by Gasteiger charge is -2.40. The largest absolute Gasteiger partial charge is 0.335 e. The van der Waals surface area contributed by atoms with Crippen LogP contribution >= 0.6 is 0 Å². The van der Waals surface area contributed by atoms with E-state index in [2.05, 4.69) is 11.6 Å². The second kappa shape index (κ2) is 10.2. The van der Waals surface area contributed by atoms with Gasteiger partial charge >= 0.3 is 0 Å². The van der Waals surface area contributed by atoms with Crippen molar-refractivity contribution in [3.8, 4) is 11.1 Å². The van der Waals surface area contributed by atoms with Gasteiger partial charge in [-0.25, -0.2) is 4.39 Å². The number of halogens is 1. The number of benzene rings is 2. The lowest BCUT2D eigenvalue weighted by molar-refractivity contribution is -0.150. The van der Waals surface area contributed by atoms with E-state index < -0.39 is 6.04 Å². The first-order chi connectivity index (χ1) is 16.1. The second-order valence-corrected chi connectivity index (χ2v) is 8.08. The molecule has 2 heterocycles. The van der Waals surface area contributed by atoms with Crippen molar-refractivity contribution in [3.63, 3.8) is 0 Å². The molecule has 1 unspecified atom stereocenters. The van der Waals surface area contributed by atoms with Crippen LogP contribution < -0.4 is 0 Å². The van der Waals surface area contributed by atoms with Gasteiger partial charge in [0.15, 0.2) is 0 Å². The summed E-state index contributed by atoms with van der Waals surface area (Å²) in [6, 6.07) is 17.2. The van der Waals surface area contributed by atoms with Gasteiger partial charge in [0, 0.05) is 38.4 Å². The molecule has 0 spiro atoms. The van der Waals surface area contributed by atoms with Gasteiger partial charge in [0.05, 0.1) is 6.42 Å². The first kappa shape index (κ1) is 22.4. The molecule has 0 aliphatic carbocycles. The predicted octanol–water partition coefficient (Wildman–Crippen LogP) is 3.90. The molecule has 4 rings (SSSR count). The SMILES string of the molecule is C=CCN1CCN(C(=O)Cc2cccc(F)c2)C(Cc2ccccc2-c2ccncc2)C1=O. The molecule has 1 saturated heterocycles. The molecule has 3 aromatic rings. The third-order valence-electron chi connectivity index (χ3n) is 5.92. The maximum Gasteiger partial charge on any atom is 0.246 e. The standard InChI is InChI=1S/C27H26FN3O2/c1-2-14-30-15-16-31(26(32)18-20-6-5-8-23(28)17-20)25(27(30)33)19-22-7-3-4-9-24(22)21-10-12-29-13-11-21/h2-13,17,25H,1,14-16,18-19H2. The lowest BCUT2D eigenvalue weighted by Crippen LogP contribution is -2.59. The normalized spacial score (nSPS) is 16.0. The summed E-state index contributed by atoms with van der Waals surface area (Å²) in [6.07, 6.45) is 5.61. The molecule has 33 heavy (non-hydrogen) atoms. The maximum atomic E-state index is 13.6. The van der Waals surface area contributed by atoms with Crippen LogP contribution in [-0.4, -0.2) is 52.3 Å². The average molecular weight is 444 g/mol. The van der Waals surface area contributed by atoms with Crippen LogP contribution in [0.25, 0.3) is 11.1 Å². The highest BCUT2D eigenvalue weighted by atomic mass is 19.1. The molecular formula is C27H26FN3O2. The van der Waals surface area contributed by atoms with Crippen LogP contribution in [0.4, 0.5) is 4.39 Å². The molecule has 0 bridgehead atoms. The van der Waals surface area contributed by atoms with Gasteiger partial charge < -0.3 is 9.80 Å². The fourth-order valence-electron chi connectivity index (χ4n) is 4.31. The van der Waals surface area contributed by atoms with Crippen LogP contribution in [0.3, 0.4) is 0 Å². The molecule has 2 amide bonds. The fraction of sp³-hybridized carbons (Fsp3) is 0.222. The highest BCUT2D eigenvalue weighted by molar-refractivity contribution is 5.90. The Bertz CT molecular complexity index is 1150. The van der Waals surface area contributed by atoms with Crippen molar-refractivity contribution < 1.29 is 14.0 Å². The third-order valence-corrected chi connectivity index (χ3v) is 5.92. The van der Waals surface area contributed by atoms with Gasteiger partial charge in [-0.1, -0.05) is 42.5 Å². The fourth-order valence-corrected chi connectivity index (χ4v) is 4.31. The summed E-state index contributed by atoms with van der Waals surface area (Å²) in [6.45, 7) is 5.07. The van der Waals surface area contributed by atoms with Gasteiger partial charge in [-0.2, -0.15) is 0 Å². The molecule has 0 saturated carbocycles. The van der Waals surface area contributed by atoms with Crippen LogP contribution in [0.15, 0.2) is 85.7 Å². The van der Waals surface area contributed by atoms with E-state index in [9.17, 15) is 14.0 Å². The zero-order valence-electron chi connectivity index (χ0n) is 18.4. The van der Waals surface area contributed by atoms with E-state index in [4.69, 9.17) is 0 Å². The smallest absolute Gasteiger partial charge is 0.246 e. The minimum atomic E-state index is -0.636. The van der Waals surface area contributed by atoms with E-state index in [0.29, 0.717) is 31.6 Å². The molecule has 1 fully saturated rings. The molecule has 168 valence electrons. The van der Waals surface area contributed by atoms with E-state index in [1.165, 1.54) is 12.1 Å². The Morgan fingerprint density at radius 1 is 1.09 bits per heavy atom. The van der Waals surface area contributed by atoms with Crippen molar-refractivity contribution in [2.75, 3.05) is 19.6 Å². The Balaban J connectivity index is 1.64. The second-order valence-electron chi connectivity index (χ2n) is 8.08. The Morgan fingerprint density at radius 3 is 2.64 bits per heavy atom. The van der Waals surface area contributed by atoms with E-state index in [1.54, 1.807) is 40.4 Å². The number of carbonyl (C=O) groups is 2. The number of piperazine rings is 1. The number of hydrogen-bond acceptors (Lipinski definition) is 3. The number of nitrogens with zero attached hydrogens (tertiary/aromatic N) is 3. The number of carbonyl (C=O) groups excluding carboxylic acids is 2. The summed E-state index contributed by atoms with van der Waals surface area (Å²) in [5.74, 6) is -0.660. The van der Waals surface area contributed by atoms with Crippen LogP contribution in [0.1, 0.15) is 11.1 Å². The van der Waals surface area contributed by atoms with Crippen molar-refractivity contribution in [2.45, 2.75) is 18.9 Å². The number of pyridine rings is 1. The molecule has 6 heteroatoms. The Kier molecular flexibility index (Phi) is 6.93. The molecule has 2 aromatic carbocycles.